The van der Waals surface area contributed by atoms with E-state index in [1.54, 1.807) is 11.3 Å². The van der Waals surface area contributed by atoms with Crippen LogP contribution in [0.5, 0.6) is 11.5 Å². The first-order valence-corrected chi connectivity index (χ1v) is 11.8. The van der Waals surface area contributed by atoms with Crippen LogP contribution in [0.4, 0.5) is 5.82 Å². The molecule has 4 heterocycles. The third-order valence-corrected chi connectivity index (χ3v) is 7.10. The maximum Gasteiger partial charge on any atom is 0.187 e. The molecule has 1 aromatic carbocycles. The highest BCUT2D eigenvalue weighted by Gasteiger charge is 2.20. The minimum atomic E-state index is 0.609. The Hall–Kier alpha value is -2.42. The predicted molar refractivity (Wildman–Crippen MR) is 122 cm³/mol. The van der Waals surface area contributed by atoms with Crippen LogP contribution in [0.2, 0.25) is 0 Å². The average Bonchev–Trinajstić information content (AvgIpc) is 3.08. The molecule has 164 valence electrons. The molecule has 1 fully saturated rings. The molecule has 0 saturated carbocycles. The molecule has 2 N–H and O–H groups in total. The van der Waals surface area contributed by atoms with Gasteiger partial charge in [0.25, 0.3) is 0 Å². The van der Waals surface area contributed by atoms with Crippen molar-refractivity contribution in [3.8, 4) is 11.5 Å². The van der Waals surface area contributed by atoms with Gasteiger partial charge in [-0.15, -0.1) is 11.3 Å². The Labute approximate surface area is 186 Å². The van der Waals surface area contributed by atoms with Gasteiger partial charge in [0.15, 0.2) is 17.3 Å². The summed E-state index contributed by atoms with van der Waals surface area (Å²) in [6.45, 7) is 10.8. The third-order valence-electron chi connectivity index (χ3n) is 6.00. The number of nitrogens with zero attached hydrogens (tertiary/aromatic N) is 2. The van der Waals surface area contributed by atoms with Gasteiger partial charge in [-0.1, -0.05) is 6.07 Å². The van der Waals surface area contributed by atoms with Gasteiger partial charge < -0.3 is 24.4 Å². The number of aryl methyl sites for hydroxylation is 2. The maximum atomic E-state index is 5.72. The van der Waals surface area contributed by atoms with Crippen LogP contribution >= 0.6 is 11.3 Å². The topological polar surface area (TPSA) is 69.9 Å². The normalized spacial score (nSPS) is 16.6. The fraction of sp³-hybridized carbons (Fsp3) is 0.478. The SMILES string of the molecule is Cc1sc2nc(C[NH+]3CCOCC3)nc(NCCc3ccc4c(c3)OCCO4)c2c1C. The number of aromatic nitrogens is 2. The molecule has 0 unspecified atom stereocenters. The lowest BCUT2D eigenvalue weighted by atomic mass is 10.1. The highest BCUT2D eigenvalue weighted by atomic mass is 32.1. The van der Waals surface area contributed by atoms with Crippen molar-refractivity contribution in [2.24, 2.45) is 0 Å². The highest BCUT2D eigenvalue weighted by molar-refractivity contribution is 7.18. The van der Waals surface area contributed by atoms with Gasteiger partial charge >= 0.3 is 0 Å². The number of hydrogen-bond donors (Lipinski definition) is 2. The van der Waals surface area contributed by atoms with E-state index >= 15 is 0 Å². The van der Waals surface area contributed by atoms with E-state index in [0.29, 0.717) is 13.2 Å². The summed E-state index contributed by atoms with van der Waals surface area (Å²) in [5, 5.41) is 4.76. The summed E-state index contributed by atoms with van der Waals surface area (Å²) in [5.74, 6) is 3.54. The predicted octanol–water partition coefficient (Wildman–Crippen LogP) is 2.15. The number of rotatable bonds is 6. The van der Waals surface area contributed by atoms with E-state index < -0.39 is 0 Å². The number of quaternary nitrogens is 1. The molecule has 2 aliphatic heterocycles. The van der Waals surface area contributed by atoms with Gasteiger partial charge in [-0.2, -0.15) is 0 Å². The van der Waals surface area contributed by atoms with Crippen molar-refractivity contribution >= 4 is 27.4 Å². The lowest BCUT2D eigenvalue weighted by Gasteiger charge is -2.23. The zero-order valence-corrected chi connectivity index (χ0v) is 18.9. The summed E-state index contributed by atoms with van der Waals surface area (Å²) in [6.07, 6.45) is 0.883. The summed E-state index contributed by atoms with van der Waals surface area (Å²) in [4.78, 5) is 13.7. The average molecular weight is 442 g/mol. The minimum Gasteiger partial charge on any atom is -0.486 e. The molecule has 0 radical (unpaired) electrons. The highest BCUT2D eigenvalue weighted by Crippen LogP contribution is 2.34. The molecule has 3 aromatic rings. The van der Waals surface area contributed by atoms with Crippen LogP contribution in [-0.4, -0.2) is 56.0 Å². The summed E-state index contributed by atoms with van der Waals surface area (Å²) in [7, 11) is 0. The Bertz CT molecular complexity index is 1080. The first-order valence-electron chi connectivity index (χ1n) is 11.0. The number of anilines is 1. The number of fused-ring (bicyclic) bond motifs is 2. The van der Waals surface area contributed by atoms with Crippen LogP contribution < -0.4 is 19.7 Å². The number of benzene rings is 1. The van der Waals surface area contributed by atoms with Crippen molar-refractivity contribution in [2.45, 2.75) is 26.8 Å². The van der Waals surface area contributed by atoms with Gasteiger partial charge in [0.2, 0.25) is 0 Å². The monoisotopic (exact) mass is 441 g/mol. The molecule has 2 aromatic heterocycles. The van der Waals surface area contributed by atoms with E-state index in [2.05, 4.69) is 31.3 Å². The van der Waals surface area contributed by atoms with Crippen LogP contribution in [0.1, 0.15) is 21.8 Å². The lowest BCUT2D eigenvalue weighted by molar-refractivity contribution is -0.922. The molecule has 0 aliphatic carbocycles. The van der Waals surface area contributed by atoms with Crippen LogP contribution in [0.3, 0.4) is 0 Å². The Balaban J connectivity index is 1.33. The molecule has 31 heavy (non-hydrogen) atoms. The van der Waals surface area contributed by atoms with Gasteiger partial charge in [-0.3, -0.25) is 0 Å². The van der Waals surface area contributed by atoms with Gasteiger partial charge in [0.05, 0.1) is 18.6 Å². The largest absolute Gasteiger partial charge is 0.486 e. The molecule has 0 bridgehead atoms. The second-order valence-electron chi connectivity index (χ2n) is 8.15. The summed E-state index contributed by atoms with van der Waals surface area (Å²) < 4.78 is 16.8. The van der Waals surface area contributed by atoms with Gasteiger partial charge in [0, 0.05) is 11.4 Å². The molecular weight excluding hydrogens is 412 g/mol. The molecule has 2 aliphatic rings. The van der Waals surface area contributed by atoms with Crippen molar-refractivity contribution in [3.63, 3.8) is 0 Å². The fourth-order valence-corrected chi connectivity index (χ4v) is 5.18. The standard InChI is InChI=1S/C23H28N4O3S/c1-15-16(2)31-23-21(15)22(25-20(26-23)14-27-7-9-28-10-8-27)24-6-5-17-3-4-18-19(13-17)30-12-11-29-18/h3-4,13H,5-12,14H2,1-2H3,(H,24,25,26)/p+1. The first-order chi connectivity index (χ1) is 15.2. The van der Waals surface area contributed by atoms with E-state index in [1.165, 1.54) is 20.9 Å². The Morgan fingerprint density at radius 1 is 1.03 bits per heavy atom. The van der Waals surface area contributed by atoms with Gasteiger partial charge in [0.1, 0.15) is 43.5 Å². The zero-order chi connectivity index (χ0) is 21.2. The van der Waals surface area contributed by atoms with Crippen LogP contribution in [0.25, 0.3) is 10.2 Å². The summed E-state index contributed by atoms with van der Waals surface area (Å²) in [6, 6.07) is 6.19. The van der Waals surface area contributed by atoms with Crippen LogP contribution in [-0.2, 0) is 17.7 Å². The second kappa shape index (κ2) is 8.98. The third kappa shape index (κ3) is 4.46. The number of morpholine rings is 1. The molecule has 1 saturated heterocycles. The molecule has 8 heteroatoms. The van der Waals surface area contributed by atoms with Crippen LogP contribution in [0.15, 0.2) is 18.2 Å². The van der Waals surface area contributed by atoms with Gasteiger partial charge in [-0.05, 0) is 43.5 Å². The number of thiophene rings is 1. The summed E-state index contributed by atoms with van der Waals surface area (Å²) in [5.41, 5.74) is 2.49. The number of ether oxygens (including phenoxy) is 3. The Kier molecular flexibility index (Phi) is 5.93. The first kappa shape index (κ1) is 20.5. The molecule has 7 nitrogen and oxygen atoms in total. The smallest absolute Gasteiger partial charge is 0.187 e. The lowest BCUT2D eigenvalue weighted by Crippen LogP contribution is -3.12. The van der Waals surface area contributed by atoms with E-state index in [0.717, 1.165) is 79.2 Å². The van der Waals surface area contributed by atoms with E-state index in [-0.39, 0.29) is 0 Å². The second-order valence-corrected chi connectivity index (χ2v) is 9.35. The van der Waals surface area contributed by atoms with Crippen LogP contribution in [0, 0.1) is 13.8 Å². The molecule has 0 spiro atoms. The zero-order valence-electron chi connectivity index (χ0n) is 18.1. The van der Waals surface area contributed by atoms with Crippen molar-refractivity contribution < 1.29 is 19.1 Å². The minimum absolute atomic E-state index is 0.609. The Morgan fingerprint density at radius 2 is 1.84 bits per heavy atom. The fourth-order valence-electron chi connectivity index (χ4n) is 4.13. The van der Waals surface area contributed by atoms with Crippen molar-refractivity contribution in [2.75, 3.05) is 51.4 Å². The molecular formula is C23H29N4O3S+. The molecule has 0 amide bonds. The van der Waals surface area contributed by atoms with Gasteiger partial charge in [-0.25, -0.2) is 9.97 Å². The van der Waals surface area contributed by atoms with E-state index in [4.69, 9.17) is 24.2 Å². The number of hydrogen-bond acceptors (Lipinski definition) is 7. The molecule has 0 atom stereocenters. The van der Waals surface area contributed by atoms with E-state index in [1.807, 2.05) is 6.07 Å². The molecule has 5 rings (SSSR count). The van der Waals surface area contributed by atoms with E-state index in [9.17, 15) is 0 Å². The van der Waals surface area contributed by atoms with Crippen molar-refractivity contribution in [3.05, 3.63) is 40.0 Å². The summed E-state index contributed by atoms with van der Waals surface area (Å²) >= 11 is 1.76. The Morgan fingerprint density at radius 3 is 2.68 bits per heavy atom. The maximum absolute atomic E-state index is 5.72. The quantitative estimate of drug-likeness (QED) is 0.611. The van der Waals surface area contributed by atoms with Crippen molar-refractivity contribution in [1.82, 2.24) is 9.97 Å². The van der Waals surface area contributed by atoms with Crippen molar-refractivity contribution in [1.29, 1.82) is 0 Å². The number of nitrogens with one attached hydrogen (secondary N) is 2.